The quantitative estimate of drug-likeness (QED) is 0.350. The third kappa shape index (κ3) is 5.01. The molecule has 1 heterocycles. The highest BCUT2D eigenvalue weighted by Gasteiger charge is 2.43. The smallest absolute Gasteiger partial charge is 0.323 e. The van der Waals surface area contributed by atoms with Gasteiger partial charge in [-0.25, -0.2) is 0 Å². The number of carbonyl (C=O) groups excluding carboxylic acids is 2. The highest BCUT2D eigenvalue weighted by Crippen LogP contribution is 2.50. The molecule has 0 spiro atoms. The van der Waals surface area contributed by atoms with Crippen molar-refractivity contribution >= 4 is 28.3 Å². The molecule has 0 radical (unpaired) electrons. The Morgan fingerprint density at radius 1 is 0.854 bits per heavy atom. The maximum absolute atomic E-state index is 13.4. The topological polar surface area (TPSA) is 93.1 Å². The van der Waals surface area contributed by atoms with Crippen molar-refractivity contribution in [1.29, 1.82) is 0 Å². The first-order valence-electron chi connectivity index (χ1n) is 14.3. The van der Waals surface area contributed by atoms with Crippen molar-refractivity contribution in [3.8, 4) is 11.5 Å². The number of rotatable bonds is 8. The molecule has 0 saturated carbocycles. The van der Waals surface area contributed by atoms with Crippen LogP contribution in [-0.4, -0.2) is 40.7 Å². The summed E-state index contributed by atoms with van der Waals surface area (Å²) in [6.07, 6.45) is 3.33. The van der Waals surface area contributed by atoms with Crippen LogP contribution >= 0.6 is 0 Å². The largest absolute Gasteiger partial charge is 0.490 e. The summed E-state index contributed by atoms with van der Waals surface area (Å²) in [7, 11) is 0. The maximum Gasteiger partial charge on any atom is 0.323 e. The van der Waals surface area contributed by atoms with Gasteiger partial charge in [-0.05, 0) is 66.6 Å². The van der Waals surface area contributed by atoms with Crippen LogP contribution in [-0.2, 0) is 21.0 Å². The molecule has 2 aliphatic carbocycles. The lowest BCUT2D eigenvalue weighted by Gasteiger charge is -2.43. The molecule has 3 aliphatic rings. The van der Waals surface area contributed by atoms with Gasteiger partial charge in [-0.3, -0.25) is 14.4 Å². The number of benzene rings is 3. The van der Waals surface area contributed by atoms with E-state index < -0.39 is 11.9 Å². The van der Waals surface area contributed by atoms with Gasteiger partial charge < -0.3 is 19.5 Å². The Morgan fingerprint density at radius 3 is 2.22 bits per heavy atom. The molecule has 0 aromatic heterocycles. The van der Waals surface area contributed by atoms with E-state index in [4.69, 9.17) is 9.47 Å². The van der Waals surface area contributed by atoms with E-state index >= 15 is 0 Å². The molecule has 1 aliphatic heterocycles. The van der Waals surface area contributed by atoms with E-state index in [1.54, 1.807) is 4.90 Å². The highest BCUT2D eigenvalue weighted by molar-refractivity contribution is 6.06. The van der Waals surface area contributed by atoms with E-state index in [2.05, 4.69) is 18.2 Å². The fraction of sp³-hybridized carbons (Fsp3) is 0.324. The first-order chi connectivity index (χ1) is 20.0. The molecule has 3 aromatic carbocycles. The van der Waals surface area contributed by atoms with Gasteiger partial charge in [-0.1, -0.05) is 48.5 Å². The van der Waals surface area contributed by atoms with Crippen molar-refractivity contribution in [2.45, 2.75) is 58.0 Å². The minimum Gasteiger partial charge on any atom is -0.490 e. The van der Waals surface area contributed by atoms with Gasteiger partial charge in [0.25, 0.3) is 0 Å². The summed E-state index contributed by atoms with van der Waals surface area (Å²) < 4.78 is 12.3. The van der Waals surface area contributed by atoms with Gasteiger partial charge in [0.15, 0.2) is 23.1 Å². The zero-order valence-corrected chi connectivity index (χ0v) is 23.2. The van der Waals surface area contributed by atoms with Crippen molar-refractivity contribution in [3.05, 3.63) is 94.3 Å². The van der Waals surface area contributed by atoms with E-state index in [0.717, 1.165) is 33.3 Å². The molecule has 0 amide bonds. The molecule has 0 saturated heterocycles. The van der Waals surface area contributed by atoms with Crippen LogP contribution in [0.3, 0.4) is 0 Å². The zero-order valence-electron chi connectivity index (χ0n) is 23.2. The fourth-order valence-corrected chi connectivity index (χ4v) is 6.54. The number of carboxylic acid groups (broad SMARTS) is 1. The number of hydrogen-bond acceptors (Lipinski definition) is 6. The fourth-order valence-electron chi connectivity index (χ4n) is 6.54. The normalized spacial score (nSPS) is 17.5. The Balaban J connectivity index is 1.41. The van der Waals surface area contributed by atoms with E-state index in [0.29, 0.717) is 74.4 Å². The Labute approximate surface area is 239 Å². The Bertz CT molecular complexity index is 1570. The lowest BCUT2D eigenvalue weighted by Crippen LogP contribution is -2.41. The Hall–Kier alpha value is -4.39. The second-order valence-electron chi connectivity index (χ2n) is 10.8. The van der Waals surface area contributed by atoms with Gasteiger partial charge in [-0.2, -0.15) is 0 Å². The average Bonchev–Trinajstić information content (AvgIpc) is 2.97. The number of fused-ring (bicyclic) bond motifs is 1. The first-order valence-corrected chi connectivity index (χ1v) is 14.3. The van der Waals surface area contributed by atoms with Crippen LogP contribution in [0.1, 0.15) is 62.5 Å². The maximum atomic E-state index is 13.4. The molecule has 0 atom stereocenters. The summed E-state index contributed by atoms with van der Waals surface area (Å²) in [5.41, 5.74) is 4.45. The molecular formula is C34H33NO6. The van der Waals surface area contributed by atoms with Crippen LogP contribution in [0.5, 0.6) is 11.5 Å². The lowest BCUT2D eigenvalue weighted by molar-refractivity contribution is -0.138. The summed E-state index contributed by atoms with van der Waals surface area (Å²) in [5, 5.41) is 12.0. The first kappa shape index (κ1) is 26.8. The van der Waals surface area contributed by atoms with Crippen LogP contribution in [0, 0.1) is 0 Å². The van der Waals surface area contributed by atoms with Crippen LogP contribution in [0.25, 0.3) is 10.8 Å². The van der Waals surface area contributed by atoms with Gasteiger partial charge in [0.1, 0.15) is 13.2 Å². The van der Waals surface area contributed by atoms with Gasteiger partial charge in [-0.15, -0.1) is 0 Å². The van der Waals surface area contributed by atoms with Crippen LogP contribution < -0.4 is 9.47 Å². The molecule has 0 unspecified atom stereocenters. The number of carboxylic acids is 1. The Kier molecular flexibility index (Phi) is 7.35. The standard InChI is InChI=1S/C34H33NO6/c1-2-40-30-18-22(16-17-29(30)41-20-23-10-5-9-21-8-3-4-11-24(21)23)32-33-25(12-6-14-27(33)36)35(19-31(38)39)26-13-7-15-28(37)34(26)32/h3-5,8-11,16-18,32H,2,6-7,12-15,19-20H2,1H3,(H,38,39). The van der Waals surface area contributed by atoms with Crippen molar-refractivity contribution in [2.24, 2.45) is 0 Å². The number of allylic oxidation sites excluding steroid dienone is 4. The van der Waals surface area contributed by atoms with Crippen molar-refractivity contribution in [3.63, 3.8) is 0 Å². The number of hydrogen-bond donors (Lipinski definition) is 1. The summed E-state index contributed by atoms with van der Waals surface area (Å²) in [6.45, 7) is 2.43. The molecule has 1 N–H and O–H groups in total. The van der Waals surface area contributed by atoms with E-state index in [1.165, 1.54) is 0 Å². The number of ether oxygens (including phenoxy) is 2. The van der Waals surface area contributed by atoms with E-state index in [1.807, 2.05) is 49.4 Å². The SMILES string of the molecule is CCOc1cc(C2C3=C(CCCC3=O)N(CC(=O)O)C3=C2C(=O)CCC3)ccc1OCc1cccc2ccccc12. The molecular weight excluding hydrogens is 518 g/mol. The minimum atomic E-state index is -0.982. The van der Waals surface area contributed by atoms with Gasteiger partial charge >= 0.3 is 5.97 Å². The average molecular weight is 552 g/mol. The summed E-state index contributed by atoms with van der Waals surface area (Å²) in [6, 6.07) is 20.0. The van der Waals surface area contributed by atoms with Crippen LogP contribution in [0.15, 0.2) is 83.2 Å². The predicted octanol–water partition coefficient (Wildman–Crippen LogP) is 6.32. The molecule has 41 heavy (non-hydrogen) atoms. The number of carbonyl (C=O) groups is 3. The van der Waals surface area contributed by atoms with Crippen molar-refractivity contribution in [2.75, 3.05) is 13.2 Å². The molecule has 0 fully saturated rings. The number of Topliss-reactive ketones (excluding diaryl/α,β-unsaturated/α-hetero) is 2. The Morgan fingerprint density at radius 2 is 1.54 bits per heavy atom. The third-order valence-corrected chi connectivity index (χ3v) is 8.24. The second-order valence-corrected chi connectivity index (χ2v) is 10.8. The third-order valence-electron chi connectivity index (χ3n) is 8.24. The van der Waals surface area contributed by atoms with Crippen LogP contribution in [0.2, 0.25) is 0 Å². The van der Waals surface area contributed by atoms with Crippen molar-refractivity contribution in [1.82, 2.24) is 4.90 Å². The van der Waals surface area contributed by atoms with E-state index in [9.17, 15) is 19.5 Å². The summed E-state index contributed by atoms with van der Waals surface area (Å²) in [5.74, 6) is -0.438. The van der Waals surface area contributed by atoms with Gasteiger partial charge in [0.05, 0.1) is 6.61 Å². The highest BCUT2D eigenvalue weighted by atomic mass is 16.5. The summed E-state index contributed by atoms with van der Waals surface area (Å²) in [4.78, 5) is 40.5. The lowest BCUT2D eigenvalue weighted by atomic mass is 9.71. The van der Waals surface area contributed by atoms with E-state index in [-0.39, 0.29) is 18.1 Å². The monoisotopic (exact) mass is 551 g/mol. The number of ketones is 2. The van der Waals surface area contributed by atoms with Gasteiger partial charge in [0, 0.05) is 41.3 Å². The second kappa shape index (κ2) is 11.2. The molecule has 210 valence electrons. The summed E-state index contributed by atoms with van der Waals surface area (Å²) >= 11 is 0. The van der Waals surface area contributed by atoms with Crippen LogP contribution in [0.4, 0.5) is 0 Å². The molecule has 3 aromatic rings. The molecule has 0 bridgehead atoms. The van der Waals surface area contributed by atoms with Gasteiger partial charge in [0.2, 0.25) is 0 Å². The number of aliphatic carboxylic acids is 1. The minimum absolute atomic E-state index is 0.0224. The molecule has 6 rings (SSSR count). The predicted molar refractivity (Wildman–Crippen MR) is 155 cm³/mol. The number of nitrogens with zero attached hydrogens (tertiary/aromatic N) is 1. The molecule has 7 nitrogen and oxygen atoms in total. The zero-order chi connectivity index (χ0) is 28.5. The molecule has 7 heteroatoms. The van der Waals surface area contributed by atoms with Crippen molar-refractivity contribution < 1.29 is 29.0 Å².